The summed E-state index contributed by atoms with van der Waals surface area (Å²) in [4.78, 5) is 12.7. The summed E-state index contributed by atoms with van der Waals surface area (Å²) in [7, 11) is 0. The van der Waals surface area contributed by atoms with Crippen LogP contribution in [0.1, 0.15) is 24.1 Å². The molecule has 4 heteroatoms. The molecule has 76 valence electrons. The van der Waals surface area contributed by atoms with E-state index in [1.165, 1.54) is 4.88 Å². The topological polar surface area (TPSA) is 26.3 Å². The first kappa shape index (κ1) is 10.2. The number of thiophene rings is 1. The van der Waals surface area contributed by atoms with E-state index in [1.807, 2.05) is 6.92 Å². The van der Waals surface area contributed by atoms with Gasteiger partial charge >= 0.3 is 5.97 Å². The molecule has 0 aliphatic heterocycles. The highest BCUT2D eigenvalue weighted by Gasteiger charge is 2.45. The Hall–Kier alpha value is -0.350. The Morgan fingerprint density at radius 2 is 2.57 bits per heavy atom. The van der Waals surface area contributed by atoms with Gasteiger partial charge in [0.1, 0.15) is 0 Å². The van der Waals surface area contributed by atoms with Crippen LogP contribution in [0.25, 0.3) is 0 Å². The van der Waals surface area contributed by atoms with E-state index in [1.54, 1.807) is 11.3 Å². The average molecular weight is 275 g/mol. The lowest BCUT2D eigenvalue weighted by molar-refractivity contribution is -0.144. The van der Waals surface area contributed by atoms with Crippen LogP contribution in [0.3, 0.4) is 0 Å². The third-order valence-electron chi connectivity index (χ3n) is 2.33. The van der Waals surface area contributed by atoms with Crippen molar-refractivity contribution in [2.45, 2.75) is 19.3 Å². The predicted molar refractivity (Wildman–Crippen MR) is 59.5 cm³/mol. The number of hydrogen-bond donors (Lipinski definition) is 0. The molecule has 0 amide bonds. The lowest BCUT2D eigenvalue weighted by Crippen LogP contribution is -2.06. The maximum Gasteiger partial charge on any atom is 0.309 e. The van der Waals surface area contributed by atoms with Crippen molar-refractivity contribution in [3.8, 4) is 0 Å². The van der Waals surface area contributed by atoms with Crippen molar-refractivity contribution in [2.24, 2.45) is 5.92 Å². The maximum atomic E-state index is 11.4. The van der Waals surface area contributed by atoms with Crippen LogP contribution in [0.4, 0.5) is 0 Å². The van der Waals surface area contributed by atoms with Crippen molar-refractivity contribution in [3.63, 3.8) is 0 Å². The Bertz CT molecular complexity index is 348. The van der Waals surface area contributed by atoms with Gasteiger partial charge in [0, 0.05) is 20.6 Å². The molecule has 1 heterocycles. The minimum atomic E-state index is -0.0398. The fourth-order valence-electron chi connectivity index (χ4n) is 1.54. The molecule has 1 fully saturated rings. The molecule has 2 nitrogen and oxygen atoms in total. The van der Waals surface area contributed by atoms with Gasteiger partial charge in [-0.1, -0.05) is 0 Å². The van der Waals surface area contributed by atoms with E-state index in [2.05, 4.69) is 27.4 Å². The zero-order valence-electron chi connectivity index (χ0n) is 7.83. The van der Waals surface area contributed by atoms with Crippen LogP contribution in [-0.4, -0.2) is 12.6 Å². The van der Waals surface area contributed by atoms with E-state index in [0.717, 1.165) is 10.9 Å². The summed E-state index contributed by atoms with van der Waals surface area (Å²) in [5, 5.41) is 2.05. The summed E-state index contributed by atoms with van der Waals surface area (Å²) in [6, 6.07) is 2.09. The zero-order valence-corrected chi connectivity index (χ0v) is 10.2. The van der Waals surface area contributed by atoms with Crippen molar-refractivity contribution >= 4 is 33.2 Å². The quantitative estimate of drug-likeness (QED) is 0.792. The SMILES string of the molecule is CCOC(=O)[C@H]1C[C@@H]1c1cc(Br)cs1. The van der Waals surface area contributed by atoms with Crippen LogP contribution < -0.4 is 0 Å². The highest BCUT2D eigenvalue weighted by molar-refractivity contribution is 9.10. The van der Waals surface area contributed by atoms with E-state index in [0.29, 0.717) is 12.5 Å². The Balaban J connectivity index is 1.96. The molecule has 0 bridgehead atoms. The summed E-state index contributed by atoms with van der Waals surface area (Å²) < 4.78 is 6.08. The minimum absolute atomic E-state index is 0.0398. The molecule has 1 aromatic rings. The second kappa shape index (κ2) is 4.03. The lowest BCUT2D eigenvalue weighted by atomic mass is 10.3. The van der Waals surface area contributed by atoms with Gasteiger partial charge in [0.05, 0.1) is 12.5 Å². The van der Waals surface area contributed by atoms with E-state index >= 15 is 0 Å². The van der Waals surface area contributed by atoms with Crippen molar-refractivity contribution in [1.82, 2.24) is 0 Å². The molecule has 1 saturated carbocycles. The Morgan fingerprint density at radius 1 is 1.79 bits per heavy atom. The van der Waals surface area contributed by atoms with Crippen molar-refractivity contribution in [1.29, 1.82) is 0 Å². The van der Waals surface area contributed by atoms with Gasteiger partial charge in [-0.2, -0.15) is 0 Å². The number of rotatable bonds is 3. The first-order chi connectivity index (χ1) is 6.72. The van der Waals surface area contributed by atoms with Gasteiger partial charge in [-0.3, -0.25) is 4.79 Å². The van der Waals surface area contributed by atoms with Crippen molar-refractivity contribution in [3.05, 3.63) is 20.8 Å². The zero-order chi connectivity index (χ0) is 10.1. The molecule has 2 atom stereocenters. The summed E-state index contributed by atoms with van der Waals surface area (Å²) in [5.74, 6) is 0.480. The Labute approximate surface area is 95.4 Å². The van der Waals surface area contributed by atoms with Crippen LogP contribution in [0.2, 0.25) is 0 Å². The molecule has 0 radical (unpaired) electrons. The standard InChI is InChI=1S/C10H11BrO2S/c1-2-13-10(12)8-4-7(8)9-3-6(11)5-14-9/h3,5,7-8H,2,4H2,1H3/t7-,8-/m0/s1. The smallest absolute Gasteiger partial charge is 0.309 e. The van der Waals surface area contributed by atoms with Gasteiger partial charge in [-0.15, -0.1) is 11.3 Å². The summed E-state index contributed by atoms with van der Waals surface area (Å²) in [6.07, 6.45) is 0.950. The van der Waals surface area contributed by atoms with Gasteiger partial charge in [-0.05, 0) is 35.3 Å². The molecule has 0 saturated heterocycles. The average Bonchev–Trinajstić information content (AvgIpc) is 2.84. The van der Waals surface area contributed by atoms with Crippen molar-refractivity contribution in [2.75, 3.05) is 6.61 Å². The number of ether oxygens (including phenoxy) is 1. The molecule has 0 aromatic carbocycles. The van der Waals surface area contributed by atoms with Crippen LogP contribution in [0.5, 0.6) is 0 Å². The molecule has 1 aliphatic rings. The monoisotopic (exact) mass is 274 g/mol. The molecule has 14 heavy (non-hydrogen) atoms. The largest absolute Gasteiger partial charge is 0.466 e. The number of esters is 1. The maximum absolute atomic E-state index is 11.4. The summed E-state index contributed by atoms with van der Waals surface area (Å²) in [5.41, 5.74) is 0. The van der Waals surface area contributed by atoms with Gasteiger partial charge in [0.2, 0.25) is 0 Å². The molecule has 0 spiro atoms. The van der Waals surface area contributed by atoms with E-state index in [-0.39, 0.29) is 11.9 Å². The molecule has 1 aliphatic carbocycles. The fraction of sp³-hybridized carbons (Fsp3) is 0.500. The third-order valence-corrected chi connectivity index (χ3v) is 4.16. The molecule has 1 aromatic heterocycles. The molecule has 0 N–H and O–H groups in total. The summed E-state index contributed by atoms with van der Waals surface area (Å²) in [6.45, 7) is 2.33. The van der Waals surface area contributed by atoms with Gasteiger partial charge in [0.15, 0.2) is 0 Å². The van der Waals surface area contributed by atoms with Crippen LogP contribution in [0.15, 0.2) is 15.9 Å². The molecule has 2 rings (SSSR count). The van der Waals surface area contributed by atoms with Crippen molar-refractivity contribution < 1.29 is 9.53 Å². The van der Waals surface area contributed by atoms with Gasteiger partial charge in [0.25, 0.3) is 0 Å². The number of halogens is 1. The third kappa shape index (κ3) is 2.01. The highest BCUT2D eigenvalue weighted by atomic mass is 79.9. The molecular formula is C10H11BrO2S. The normalized spacial score (nSPS) is 24.7. The van der Waals surface area contributed by atoms with E-state index in [9.17, 15) is 4.79 Å². The van der Waals surface area contributed by atoms with Crippen LogP contribution in [-0.2, 0) is 9.53 Å². The second-order valence-corrected chi connectivity index (χ2v) is 5.23. The van der Waals surface area contributed by atoms with E-state index in [4.69, 9.17) is 4.74 Å². The van der Waals surface area contributed by atoms with Crippen LogP contribution in [0, 0.1) is 5.92 Å². The second-order valence-electron chi connectivity index (χ2n) is 3.37. The predicted octanol–water partition coefficient (Wildman–Crippen LogP) is 3.18. The lowest BCUT2D eigenvalue weighted by Gasteiger charge is -1.98. The first-order valence-corrected chi connectivity index (χ1v) is 6.30. The van der Waals surface area contributed by atoms with E-state index < -0.39 is 0 Å². The number of hydrogen-bond acceptors (Lipinski definition) is 3. The Kier molecular flexibility index (Phi) is 2.93. The first-order valence-electron chi connectivity index (χ1n) is 4.63. The van der Waals surface area contributed by atoms with Gasteiger partial charge in [-0.25, -0.2) is 0 Å². The van der Waals surface area contributed by atoms with Crippen LogP contribution >= 0.6 is 27.3 Å². The minimum Gasteiger partial charge on any atom is -0.466 e. The number of carbonyl (C=O) groups is 1. The fourth-order valence-corrected chi connectivity index (χ4v) is 3.17. The number of carbonyl (C=O) groups excluding carboxylic acids is 1. The molecule has 0 unspecified atom stereocenters. The summed E-state index contributed by atoms with van der Waals surface area (Å²) >= 11 is 5.11. The molecular weight excluding hydrogens is 264 g/mol. The highest BCUT2D eigenvalue weighted by Crippen LogP contribution is 2.50. The Morgan fingerprint density at radius 3 is 3.14 bits per heavy atom. The van der Waals surface area contributed by atoms with Gasteiger partial charge < -0.3 is 4.74 Å².